The van der Waals surface area contributed by atoms with Gasteiger partial charge in [0.25, 0.3) is 0 Å². The second-order valence-electron chi connectivity index (χ2n) is 7.84. The van der Waals surface area contributed by atoms with Crippen molar-refractivity contribution in [3.63, 3.8) is 0 Å². The van der Waals surface area contributed by atoms with Gasteiger partial charge in [0, 0.05) is 29.0 Å². The van der Waals surface area contributed by atoms with Crippen LogP contribution in [0.15, 0.2) is 48.5 Å². The van der Waals surface area contributed by atoms with Gasteiger partial charge in [-0.05, 0) is 42.8 Å². The van der Waals surface area contributed by atoms with E-state index in [1.807, 2.05) is 49.4 Å². The van der Waals surface area contributed by atoms with Crippen molar-refractivity contribution >= 4 is 10.9 Å². The van der Waals surface area contributed by atoms with Gasteiger partial charge in [0.2, 0.25) is 5.88 Å². The summed E-state index contributed by atoms with van der Waals surface area (Å²) in [6.45, 7) is 7.42. The predicted molar refractivity (Wildman–Crippen MR) is 106 cm³/mol. The summed E-state index contributed by atoms with van der Waals surface area (Å²) in [5.41, 5.74) is 7.88. The molecule has 1 aliphatic heterocycles. The molecule has 140 valence electrons. The number of aromatic nitrogens is 1. The van der Waals surface area contributed by atoms with Gasteiger partial charge in [0.15, 0.2) is 11.5 Å². The first-order chi connectivity index (χ1) is 12.9. The van der Waals surface area contributed by atoms with Gasteiger partial charge in [0.1, 0.15) is 5.75 Å². The number of hydrogen-bond donors (Lipinski definition) is 1. The van der Waals surface area contributed by atoms with Crippen molar-refractivity contribution in [1.82, 2.24) is 4.98 Å². The Bertz CT molecular complexity index is 982. The second kappa shape index (κ2) is 6.74. The summed E-state index contributed by atoms with van der Waals surface area (Å²) < 4.78 is 17.7. The smallest absolute Gasteiger partial charge is 0.219 e. The fraction of sp³-hybridized carbons (Fsp3) is 0.318. The van der Waals surface area contributed by atoms with Crippen molar-refractivity contribution in [1.29, 1.82) is 0 Å². The zero-order valence-corrected chi connectivity index (χ0v) is 15.9. The molecule has 1 aromatic heterocycles. The van der Waals surface area contributed by atoms with Crippen molar-refractivity contribution in [2.24, 2.45) is 11.1 Å². The maximum absolute atomic E-state index is 5.95. The molecular weight excluding hydrogens is 340 g/mol. The van der Waals surface area contributed by atoms with Gasteiger partial charge in [-0.25, -0.2) is 4.98 Å². The van der Waals surface area contributed by atoms with Crippen LogP contribution in [0.2, 0.25) is 0 Å². The van der Waals surface area contributed by atoms with E-state index in [4.69, 9.17) is 19.9 Å². The molecule has 0 fully saturated rings. The number of hydrogen-bond acceptors (Lipinski definition) is 5. The Balaban J connectivity index is 1.57. The molecule has 4 rings (SSSR count). The topological polar surface area (TPSA) is 66.6 Å². The number of pyridine rings is 1. The van der Waals surface area contributed by atoms with E-state index >= 15 is 0 Å². The molecule has 0 bridgehead atoms. The van der Waals surface area contributed by atoms with Crippen LogP contribution in [0.5, 0.6) is 23.1 Å². The van der Waals surface area contributed by atoms with Crippen LogP contribution in [0.1, 0.15) is 32.4 Å². The molecule has 5 nitrogen and oxygen atoms in total. The van der Waals surface area contributed by atoms with Crippen molar-refractivity contribution in [2.75, 3.05) is 13.2 Å². The van der Waals surface area contributed by atoms with Crippen LogP contribution in [-0.4, -0.2) is 18.2 Å². The molecule has 0 saturated heterocycles. The van der Waals surface area contributed by atoms with E-state index in [1.165, 1.54) is 0 Å². The average Bonchev–Trinajstić information content (AvgIpc) is 2.79. The normalized spacial score (nSPS) is 16.6. The fourth-order valence-electron chi connectivity index (χ4n) is 2.96. The molecule has 1 aliphatic rings. The molecule has 0 radical (unpaired) electrons. The molecular formula is C22H24N2O3. The standard InChI is InChI=1S/C22H24N2O3/c1-14(23)15-4-7-18-16(10-15)5-9-21(24-18)27-17-6-8-19-20(11-17)26-13-22(2,3)12-25-19/h4-11,14H,12-13,23H2,1-3H3. The average molecular weight is 364 g/mol. The van der Waals surface area contributed by atoms with Gasteiger partial charge in [-0.1, -0.05) is 19.9 Å². The number of benzene rings is 2. The zero-order chi connectivity index (χ0) is 19.0. The molecule has 0 spiro atoms. The van der Waals surface area contributed by atoms with Crippen LogP contribution in [0.25, 0.3) is 10.9 Å². The molecule has 0 amide bonds. The third-order valence-electron chi connectivity index (χ3n) is 4.59. The van der Waals surface area contributed by atoms with E-state index in [1.54, 1.807) is 0 Å². The third kappa shape index (κ3) is 3.83. The maximum Gasteiger partial charge on any atom is 0.219 e. The lowest BCUT2D eigenvalue weighted by Crippen LogP contribution is -2.26. The lowest BCUT2D eigenvalue weighted by molar-refractivity contribution is 0.140. The minimum atomic E-state index is -0.0280. The minimum Gasteiger partial charge on any atom is -0.489 e. The van der Waals surface area contributed by atoms with Crippen LogP contribution in [-0.2, 0) is 0 Å². The van der Waals surface area contributed by atoms with E-state index in [-0.39, 0.29) is 11.5 Å². The van der Waals surface area contributed by atoms with Crippen LogP contribution in [0.3, 0.4) is 0 Å². The predicted octanol–water partition coefficient (Wildman–Crippen LogP) is 4.84. The van der Waals surface area contributed by atoms with E-state index < -0.39 is 0 Å². The molecule has 2 N–H and O–H groups in total. The summed E-state index contributed by atoms with van der Waals surface area (Å²) in [6.07, 6.45) is 0. The summed E-state index contributed by atoms with van der Waals surface area (Å²) >= 11 is 0. The van der Waals surface area contributed by atoms with Crippen molar-refractivity contribution in [3.8, 4) is 23.1 Å². The molecule has 0 aliphatic carbocycles. The molecule has 5 heteroatoms. The number of nitrogens with two attached hydrogens (primary N) is 1. The van der Waals surface area contributed by atoms with E-state index in [9.17, 15) is 0 Å². The minimum absolute atomic E-state index is 0.00269. The summed E-state index contributed by atoms with van der Waals surface area (Å²) in [7, 11) is 0. The Hall–Kier alpha value is -2.79. The highest BCUT2D eigenvalue weighted by Crippen LogP contribution is 2.37. The summed E-state index contributed by atoms with van der Waals surface area (Å²) in [5, 5.41) is 1.04. The van der Waals surface area contributed by atoms with Gasteiger partial charge >= 0.3 is 0 Å². The third-order valence-corrected chi connectivity index (χ3v) is 4.59. The SMILES string of the molecule is CC(N)c1ccc2nc(Oc3ccc4c(c3)OCC(C)(C)CO4)ccc2c1. The highest BCUT2D eigenvalue weighted by Gasteiger charge is 2.25. The monoisotopic (exact) mass is 364 g/mol. The zero-order valence-electron chi connectivity index (χ0n) is 15.9. The lowest BCUT2D eigenvalue weighted by atomic mass is 9.97. The van der Waals surface area contributed by atoms with Crippen LogP contribution in [0, 0.1) is 5.41 Å². The Labute approximate surface area is 159 Å². The lowest BCUT2D eigenvalue weighted by Gasteiger charge is -2.19. The van der Waals surface area contributed by atoms with Crippen molar-refractivity contribution in [3.05, 3.63) is 54.1 Å². The number of fused-ring (bicyclic) bond motifs is 2. The van der Waals surface area contributed by atoms with E-state index in [0.29, 0.717) is 30.6 Å². The van der Waals surface area contributed by atoms with Gasteiger partial charge in [-0.3, -0.25) is 0 Å². The number of ether oxygens (including phenoxy) is 3. The Morgan fingerprint density at radius 2 is 1.78 bits per heavy atom. The fourth-order valence-corrected chi connectivity index (χ4v) is 2.96. The molecule has 0 saturated carbocycles. The van der Waals surface area contributed by atoms with Gasteiger partial charge in [-0.15, -0.1) is 0 Å². The van der Waals surface area contributed by atoms with Crippen LogP contribution in [0.4, 0.5) is 0 Å². The Kier molecular flexibility index (Phi) is 4.40. The highest BCUT2D eigenvalue weighted by atomic mass is 16.5. The summed E-state index contributed by atoms with van der Waals surface area (Å²) in [4.78, 5) is 4.59. The van der Waals surface area contributed by atoms with Crippen molar-refractivity contribution in [2.45, 2.75) is 26.8 Å². The summed E-state index contributed by atoms with van der Waals surface area (Å²) in [6, 6.07) is 15.5. The van der Waals surface area contributed by atoms with Crippen LogP contribution >= 0.6 is 0 Å². The van der Waals surface area contributed by atoms with E-state index in [2.05, 4.69) is 24.9 Å². The van der Waals surface area contributed by atoms with E-state index in [0.717, 1.165) is 22.2 Å². The molecule has 2 heterocycles. The summed E-state index contributed by atoms with van der Waals surface area (Å²) in [5.74, 6) is 2.63. The first-order valence-corrected chi connectivity index (χ1v) is 9.13. The van der Waals surface area contributed by atoms with Crippen LogP contribution < -0.4 is 19.9 Å². The second-order valence-corrected chi connectivity index (χ2v) is 7.84. The first-order valence-electron chi connectivity index (χ1n) is 9.13. The Morgan fingerprint density at radius 3 is 2.56 bits per heavy atom. The number of rotatable bonds is 3. The van der Waals surface area contributed by atoms with Gasteiger partial charge in [-0.2, -0.15) is 0 Å². The molecule has 1 atom stereocenters. The molecule has 2 aromatic carbocycles. The Morgan fingerprint density at radius 1 is 1.00 bits per heavy atom. The largest absolute Gasteiger partial charge is 0.489 e. The van der Waals surface area contributed by atoms with Gasteiger partial charge in [0.05, 0.1) is 18.7 Å². The quantitative estimate of drug-likeness (QED) is 0.720. The highest BCUT2D eigenvalue weighted by molar-refractivity contribution is 5.80. The first kappa shape index (κ1) is 17.6. The maximum atomic E-state index is 5.95. The van der Waals surface area contributed by atoms with Gasteiger partial charge < -0.3 is 19.9 Å². The van der Waals surface area contributed by atoms with Crippen molar-refractivity contribution < 1.29 is 14.2 Å². The molecule has 1 unspecified atom stereocenters. The molecule has 27 heavy (non-hydrogen) atoms. The molecule has 3 aromatic rings. The number of nitrogens with zero attached hydrogens (tertiary/aromatic N) is 1.